The molecule has 2 unspecified atom stereocenters. The smallest absolute Gasteiger partial charge is 0.335 e. The predicted octanol–water partition coefficient (Wildman–Crippen LogP) is 4.47. The molecule has 2 aromatic rings. The summed E-state index contributed by atoms with van der Waals surface area (Å²) in [5.74, 6) is -4.37. The summed E-state index contributed by atoms with van der Waals surface area (Å²) in [6, 6.07) is 14.4. The second kappa shape index (κ2) is 17.6. The molecule has 1 fully saturated rings. The molecule has 2 N–H and O–H groups in total. The van der Waals surface area contributed by atoms with Gasteiger partial charge in [-0.15, -0.1) is 0 Å². The first-order valence-corrected chi connectivity index (χ1v) is 16.2. The molecule has 1 heterocycles. The Bertz CT molecular complexity index is 1300. The van der Waals surface area contributed by atoms with E-state index in [1.165, 1.54) is 13.8 Å². The van der Waals surface area contributed by atoms with Crippen LogP contribution in [0.4, 0.5) is 0 Å². The quantitative estimate of drug-likeness (QED) is 0.159. The molecule has 0 radical (unpaired) electrons. The number of hydrogen-bond donors (Lipinski definition) is 1. The maximum Gasteiger partial charge on any atom is 0.335 e. The predicted molar refractivity (Wildman–Crippen MR) is 169 cm³/mol. The lowest BCUT2D eigenvalue weighted by molar-refractivity contribution is -0.285. The third-order valence-corrected chi connectivity index (χ3v) is 8.24. The summed E-state index contributed by atoms with van der Waals surface area (Å²) in [5, 5.41) is 0. The van der Waals surface area contributed by atoms with Crippen LogP contribution in [0.3, 0.4) is 0 Å². The number of esters is 4. The molecule has 3 rings (SSSR count). The van der Waals surface area contributed by atoms with Crippen LogP contribution in [0.15, 0.2) is 48.5 Å². The summed E-state index contributed by atoms with van der Waals surface area (Å²) < 4.78 is 46.7. The molecular weight excluding hydrogens is 633 g/mol. The van der Waals surface area contributed by atoms with Gasteiger partial charge in [0, 0.05) is 34.1 Å². The lowest BCUT2D eigenvalue weighted by Crippen LogP contribution is -2.65. The van der Waals surface area contributed by atoms with Crippen molar-refractivity contribution in [3.05, 3.63) is 70.8 Å². The van der Waals surface area contributed by atoms with Gasteiger partial charge in [-0.05, 0) is 31.9 Å². The van der Waals surface area contributed by atoms with E-state index in [1.807, 2.05) is 62.4 Å². The molecule has 0 spiro atoms. The zero-order valence-corrected chi connectivity index (χ0v) is 28.7. The molecule has 2 aromatic carbocycles. The van der Waals surface area contributed by atoms with Crippen molar-refractivity contribution in [2.45, 2.75) is 104 Å². The van der Waals surface area contributed by atoms with Gasteiger partial charge in [0.2, 0.25) is 0 Å². The summed E-state index contributed by atoms with van der Waals surface area (Å²) in [6.07, 6.45) is -5.08. The monoisotopic (exact) mass is 677 g/mol. The molecule has 1 aliphatic rings. The van der Waals surface area contributed by atoms with E-state index < -0.39 is 75.3 Å². The lowest BCUT2D eigenvalue weighted by atomic mass is 9.89. The van der Waals surface area contributed by atoms with Crippen molar-refractivity contribution in [2.75, 3.05) is 6.61 Å². The molecule has 47 heavy (non-hydrogen) atoms. The fourth-order valence-corrected chi connectivity index (χ4v) is 5.95. The van der Waals surface area contributed by atoms with Crippen molar-refractivity contribution in [1.82, 2.24) is 0 Å². The minimum atomic E-state index is -2.12. The van der Waals surface area contributed by atoms with Crippen LogP contribution in [0.5, 0.6) is 0 Å². The van der Waals surface area contributed by atoms with Gasteiger partial charge in [0.1, 0.15) is 18.8 Å². The maximum atomic E-state index is 12.3. The van der Waals surface area contributed by atoms with Gasteiger partial charge in [0.15, 0.2) is 18.0 Å². The van der Waals surface area contributed by atoms with Gasteiger partial charge in [0.25, 0.3) is 0 Å². The Morgan fingerprint density at radius 1 is 0.830 bits per heavy atom. The number of aryl methyl sites for hydroxylation is 2. The van der Waals surface area contributed by atoms with E-state index in [2.05, 4.69) is 0 Å². The second-order valence-electron chi connectivity index (χ2n) is 11.5. The van der Waals surface area contributed by atoms with Crippen molar-refractivity contribution >= 4 is 32.5 Å². The number of rotatable bonds is 15. The molecule has 258 valence electrons. The van der Waals surface area contributed by atoms with Crippen molar-refractivity contribution in [2.24, 2.45) is 5.73 Å². The lowest BCUT2D eigenvalue weighted by Gasteiger charge is -2.47. The fraction of sp³-hybridized carbons (Fsp3) is 0.515. The molecule has 0 bridgehead atoms. The van der Waals surface area contributed by atoms with E-state index in [4.69, 9.17) is 43.0 Å². The van der Waals surface area contributed by atoms with Crippen LogP contribution in [0, 0.1) is 13.8 Å². The minimum absolute atomic E-state index is 0.0557. The summed E-state index contributed by atoms with van der Waals surface area (Å²) in [4.78, 5) is 48.1. The molecule has 0 aromatic heterocycles. The standard InChI is InChI=1S/C33H44NO12P/c1-20-8-12-26(13-9-20)17-40-47(41-18-27-14-10-21(2)11-15-27)46-33(7)16-28(42-23(4)36)30(34)32(45-33)31(44-25(6)38)29(43-24(5)37)19-39-22(3)35/h8-15,28-32H,16-19,34H2,1-7H3/t28?,29-,30-,31-,32?,33+/m1/s1. The van der Waals surface area contributed by atoms with Gasteiger partial charge in [-0.2, -0.15) is 0 Å². The van der Waals surface area contributed by atoms with Crippen LogP contribution in [0.2, 0.25) is 0 Å². The van der Waals surface area contributed by atoms with Gasteiger partial charge in [-0.25, -0.2) is 0 Å². The Labute approximate surface area is 276 Å². The Morgan fingerprint density at radius 2 is 1.34 bits per heavy atom. The van der Waals surface area contributed by atoms with Crippen LogP contribution >= 0.6 is 8.60 Å². The summed E-state index contributed by atoms with van der Waals surface area (Å²) >= 11 is 0. The van der Waals surface area contributed by atoms with Crippen molar-refractivity contribution in [3.63, 3.8) is 0 Å². The molecule has 13 nitrogen and oxygen atoms in total. The van der Waals surface area contributed by atoms with Gasteiger partial charge >= 0.3 is 32.5 Å². The Balaban J connectivity index is 1.95. The van der Waals surface area contributed by atoms with Crippen LogP contribution in [-0.4, -0.2) is 66.7 Å². The fourth-order valence-electron chi connectivity index (χ4n) is 4.83. The summed E-state index contributed by atoms with van der Waals surface area (Å²) in [6.45, 7) is 10.1. The van der Waals surface area contributed by atoms with Crippen molar-refractivity contribution in [3.8, 4) is 0 Å². The topological polar surface area (TPSA) is 168 Å². The Morgan fingerprint density at radius 3 is 1.79 bits per heavy atom. The zero-order chi connectivity index (χ0) is 34.7. The molecule has 1 aliphatic heterocycles. The molecule has 0 aliphatic carbocycles. The number of ether oxygens (including phenoxy) is 5. The Kier molecular flexibility index (Phi) is 14.3. The molecule has 1 saturated heterocycles. The number of carbonyl (C=O) groups excluding carboxylic acids is 4. The van der Waals surface area contributed by atoms with Gasteiger partial charge in [-0.3, -0.25) is 23.7 Å². The number of carbonyl (C=O) groups is 4. The third kappa shape index (κ3) is 12.6. The SMILES string of the molecule is CC(=O)OC[C@@H](OC(C)=O)[C@@H](OC(C)=O)C1O[C@@](C)(OP(OCc2ccc(C)cc2)OCc2ccc(C)cc2)CC(OC(C)=O)[C@H]1N. The first kappa shape index (κ1) is 38.0. The molecule has 14 heteroatoms. The van der Waals surface area contributed by atoms with E-state index in [-0.39, 0.29) is 19.6 Å². The normalized spacial score (nSPS) is 22.2. The van der Waals surface area contributed by atoms with Gasteiger partial charge in [0.05, 0.1) is 19.3 Å². The maximum absolute atomic E-state index is 12.3. The molecular formula is C33H44NO12P. The molecule has 6 atom stereocenters. The zero-order valence-electron chi connectivity index (χ0n) is 27.8. The highest BCUT2D eigenvalue weighted by molar-refractivity contribution is 7.41. The van der Waals surface area contributed by atoms with E-state index in [1.54, 1.807) is 6.92 Å². The van der Waals surface area contributed by atoms with Crippen molar-refractivity contribution < 1.29 is 56.4 Å². The summed E-state index contributed by atoms with van der Waals surface area (Å²) in [5.41, 5.74) is 10.5. The molecule has 0 amide bonds. The van der Waals surface area contributed by atoms with Gasteiger partial charge in [-0.1, -0.05) is 59.7 Å². The molecule has 0 saturated carbocycles. The number of benzene rings is 2. The largest absolute Gasteiger partial charge is 0.462 e. The number of nitrogens with two attached hydrogens (primary N) is 1. The average molecular weight is 678 g/mol. The first-order valence-electron chi connectivity index (χ1n) is 15.1. The van der Waals surface area contributed by atoms with E-state index >= 15 is 0 Å². The highest BCUT2D eigenvalue weighted by atomic mass is 31.2. The van der Waals surface area contributed by atoms with Crippen LogP contribution in [0.25, 0.3) is 0 Å². The number of hydrogen-bond acceptors (Lipinski definition) is 13. The highest BCUT2D eigenvalue weighted by Crippen LogP contribution is 2.49. The average Bonchev–Trinajstić information content (AvgIpc) is 2.98. The van der Waals surface area contributed by atoms with Crippen LogP contribution in [0.1, 0.15) is 63.3 Å². The van der Waals surface area contributed by atoms with E-state index in [9.17, 15) is 19.2 Å². The van der Waals surface area contributed by atoms with Crippen LogP contribution in [-0.2, 0) is 69.6 Å². The van der Waals surface area contributed by atoms with Gasteiger partial charge < -0.3 is 38.5 Å². The van der Waals surface area contributed by atoms with Crippen LogP contribution < -0.4 is 5.73 Å². The third-order valence-electron chi connectivity index (χ3n) is 7.03. The van der Waals surface area contributed by atoms with E-state index in [0.29, 0.717) is 0 Å². The summed E-state index contributed by atoms with van der Waals surface area (Å²) in [7, 11) is -2.12. The highest BCUT2D eigenvalue weighted by Gasteiger charge is 2.53. The first-order chi connectivity index (χ1) is 22.1. The van der Waals surface area contributed by atoms with Crippen molar-refractivity contribution in [1.29, 1.82) is 0 Å². The second-order valence-corrected chi connectivity index (χ2v) is 12.6. The minimum Gasteiger partial charge on any atom is -0.462 e. The van der Waals surface area contributed by atoms with E-state index in [0.717, 1.165) is 36.1 Å². The Hall–Kier alpha value is -3.45.